The second-order valence-corrected chi connectivity index (χ2v) is 12.1. The first-order chi connectivity index (χ1) is 20.8. The van der Waals surface area contributed by atoms with E-state index in [9.17, 15) is 36.0 Å². The monoisotopic (exact) mass is 633 g/mol. The number of benzene rings is 2. The molecule has 0 atom stereocenters. The van der Waals surface area contributed by atoms with Crippen LogP contribution in [0.4, 0.5) is 24.5 Å². The molecule has 0 unspecified atom stereocenters. The third kappa shape index (κ3) is 7.89. The number of nitrogens with one attached hydrogen (secondary N) is 4. The predicted molar refractivity (Wildman–Crippen MR) is 155 cm³/mol. The quantitative estimate of drug-likeness (QED) is 0.250. The molecule has 0 spiro atoms. The van der Waals surface area contributed by atoms with E-state index in [2.05, 4.69) is 26.1 Å². The standard InChI is InChI=1S/C28H30F3N7O5S/c1-37(2)10-4-7-24(39)33-19-5-3-6-20(15-19)44(42,43)38-11-8-18(9-12-38)34-28(41)26-23(16-32-36-26)35-27(40)25-21(30)13-17(29)14-22(25)31/h3-7,13-16,18H,8-12H2,1-2H3,(H,32,36)(H,33,39)(H,34,41)(H,35,40)/b7-4+. The molecule has 1 fully saturated rings. The first kappa shape index (κ1) is 32.4. The Bertz CT molecular complexity index is 1660. The largest absolute Gasteiger partial charge is 0.348 e. The summed E-state index contributed by atoms with van der Waals surface area (Å²) in [5.74, 6) is -6.39. The minimum Gasteiger partial charge on any atom is -0.348 e. The van der Waals surface area contributed by atoms with Gasteiger partial charge in [0.05, 0.1) is 10.6 Å². The zero-order valence-corrected chi connectivity index (χ0v) is 24.6. The van der Waals surface area contributed by atoms with Crippen LogP contribution in [0.1, 0.15) is 33.7 Å². The van der Waals surface area contributed by atoms with Crippen molar-refractivity contribution in [2.45, 2.75) is 23.8 Å². The molecule has 12 nitrogen and oxygen atoms in total. The first-order valence-electron chi connectivity index (χ1n) is 13.4. The van der Waals surface area contributed by atoms with Gasteiger partial charge < -0.3 is 20.9 Å². The number of rotatable bonds is 10. The van der Waals surface area contributed by atoms with Gasteiger partial charge in [-0.1, -0.05) is 12.1 Å². The highest BCUT2D eigenvalue weighted by atomic mass is 32.2. The van der Waals surface area contributed by atoms with E-state index in [0.29, 0.717) is 24.4 Å². The van der Waals surface area contributed by atoms with Gasteiger partial charge in [0.1, 0.15) is 23.0 Å². The number of H-pyrrole nitrogens is 1. The predicted octanol–water partition coefficient (Wildman–Crippen LogP) is 2.72. The van der Waals surface area contributed by atoms with Crippen molar-refractivity contribution in [3.63, 3.8) is 0 Å². The van der Waals surface area contributed by atoms with E-state index in [0.717, 1.165) is 6.20 Å². The van der Waals surface area contributed by atoms with Crippen molar-refractivity contribution >= 4 is 39.1 Å². The molecule has 0 radical (unpaired) electrons. The molecule has 234 valence electrons. The minimum atomic E-state index is -3.90. The SMILES string of the molecule is CN(C)C/C=C/C(=O)Nc1cccc(S(=O)(=O)N2CCC(NC(=O)c3n[nH]cc3NC(=O)c3c(F)cc(F)cc3F)CC2)c1. The maximum atomic E-state index is 14.0. The van der Waals surface area contributed by atoms with Crippen LogP contribution >= 0.6 is 0 Å². The van der Waals surface area contributed by atoms with Gasteiger partial charge in [0.15, 0.2) is 5.69 Å². The molecule has 0 aliphatic carbocycles. The van der Waals surface area contributed by atoms with Crippen molar-refractivity contribution in [3.05, 3.63) is 83.5 Å². The Labute approximate surface area is 251 Å². The molecule has 3 aromatic rings. The number of likely N-dealkylation sites (N-methyl/N-ethyl adjacent to an activating group) is 1. The van der Waals surface area contributed by atoms with Crippen molar-refractivity contribution in [3.8, 4) is 0 Å². The molecule has 4 N–H and O–H groups in total. The lowest BCUT2D eigenvalue weighted by molar-refractivity contribution is -0.111. The molecular formula is C28H30F3N7O5S. The number of hydrogen-bond donors (Lipinski definition) is 4. The van der Waals surface area contributed by atoms with Gasteiger partial charge in [0.2, 0.25) is 15.9 Å². The Kier molecular flexibility index (Phi) is 10.2. The maximum Gasteiger partial charge on any atom is 0.274 e. The van der Waals surface area contributed by atoms with E-state index in [1.165, 1.54) is 28.6 Å². The number of anilines is 2. The molecule has 1 saturated heterocycles. The van der Waals surface area contributed by atoms with Crippen LogP contribution < -0.4 is 16.0 Å². The fraction of sp³-hybridized carbons (Fsp3) is 0.286. The molecule has 1 aromatic heterocycles. The van der Waals surface area contributed by atoms with Gasteiger partial charge in [0, 0.05) is 55.8 Å². The summed E-state index contributed by atoms with van der Waals surface area (Å²) < 4.78 is 69.1. The van der Waals surface area contributed by atoms with Crippen LogP contribution in [0.2, 0.25) is 0 Å². The van der Waals surface area contributed by atoms with E-state index in [1.807, 2.05) is 19.0 Å². The lowest BCUT2D eigenvalue weighted by Gasteiger charge is -2.31. The fourth-order valence-electron chi connectivity index (χ4n) is 4.43. The van der Waals surface area contributed by atoms with Crippen molar-refractivity contribution in [2.75, 3.05) is 44.4 Å². The van der Waals surface area contributed by atoms with Crippen LogP contribution in [0.15, 0.2) is 59.6 Å². The molecule has 44 heavy (non-hydrogen) atoms. The van der Waals surface area contributed by atoms with Gasteiger partial charge in [-0.05, 0) is 45.1 Å². The van der Waals surface area contributed by atoms with Crippen LogP contribution in [-0.4, -0.2) is 85.3 Å². The van der Waals surface area contributed by atoms with Gasteiger partial charge in [0.25, 0.3) is 11.8 Å². The van der Waals surface area contributed by atoms with E-state index in [1.54, 1.807) is 12.1 Å². The third-order valence-electron chi connectivity index (χ3n) is 6.61. The van der Waals surface area contributed by atoms with Crippen molar-refractivity contribution in [2.24, 2.45) is 0 Å². The highest BCUT2D eigenvalue weighted by molar-refractivity contribution is 7.89. The minimum absolute atomic E-state index is 0.000917. The lowest BCUT2D eigenvalue weighted by atomic mass is 10.1. The van der Waals surface area contributed by atoms with Crippen LogP contribution in [-0.2, 0) is 14.8 Å². The Hall–Kier alpha value is -4.54. The second kappa shape index (κ2) is 13.8. The molecule has 2 aromatic carbocycles. The van der Waals surface area contributed by atoms with Crippen LogP contribution in [0.3, 0.4) is 0 Å². The fourth-order valence-corrected chi connectivity index (χ4v) is 5.95. The topological polar surface area (TPSA) is 157 Å². The van der Waals surface area contributed by atoms with Crippen LogP contribution in [0.5, 0.6) is 0 Å². The number of halogens is 3. The summed E-state index contributed by atoms with van der Waals surface area (Å²) in [6.45, 7) is 0.743. The molecular weight excluding hydrogens is 603 g/mol. The molecule has 0 saturated carbocycles. The number of nitrogens with zero attached hydrogens (tertiary/aromatic N) is 3. The highest BCUT2D eigenvalue weighted by Gasteiger charge is 2.31. The number of carbonyl (C=O) groups is 3. The van der Waals surface area contributed by atoms with Crippen LogP contribution in [0.25, 0.3) is 0 Å². The number of carbonyl (C=O) groups excluding carboxylic acids is 3. The van der Waals surface area contributed by atoms with Gasteiger partial charge in [-0.2, -0.15) is 9.40 Å². The van der Waals surface area contributed by atoms with Gasteiger partial charge in [-0.15, -0.1) is 0 Å². The number of sulfonamides is 1. The average molecular weight is 634 g/mol. The summed E-state index contributed by atoms with van der Waals surface area (Å²) in [6, 6.07) is 6.17. The number of amides is 3. The Morgan fingerprint density at radius 3 is 2.39 bits per heavy atom. The summed E-state index contributed by atoms with van der Waals surface area (Å²) in [5, 5.41) is 13.7. The number of aromatic nitrogens is 2. The number of aromatic amines is 1. The zero-order chi connectivity index (χ0) is 32.0. The molecule has 1 aliphatic rings. The van der Waals surface area contributed by atoms with Crippen molar-refractivity contribution < 1.29 is 36.0 Å². The smallest absolute Gasteiger partial charge is 0.274 e. The molecule has 1 aliphatic heterocycles. The summed E-state index contributed by atoms with van der Waals surface area (Å²) in [4.78, 5) is 39.4. The maximum absolute atomic E-state index is 14.0. The third-order valence-corrected chi connectivity index (χ3v) is 8.50. The Morgan fingerprint density at radius 1 is 1.05 bits per heavy atom. The normalized spacial score (nSPS) is 14.6. The summed E-state index contributed by atoms with van der Waals surface area (Å²) in [6.07, 6.45) is 4.70. The van der Waals surface area contributed by atoms with Gasteiger partial charge >= 0.3 is 0 Å². The van der Waals surface area contributed by atoms with E-state index < -0.39 is 56.8 Å². The Morgan fingerprint density at radius 2 is 1.73 bits per heavy atom. The lowest BCUT2D eigenvalue weighted by Crippen LogP contribution is -2.46. The summed E-state index contributed by atoms with van der Waals surface area (Å²) in [5.41, 5.74) is -1.15. The number of hydrogen-bond acceptors (Lipinski definition) is 7. The van der Waals surface area contributed by atoms with Crippen LogP contribution in [0, 0.1) is 17.5 Å². The molecule has 4 rings (SSSR count). The first-order valence-corrected chi connectivity index (χ1v) is 14.8. The van der Waals surface area contributed by atoms with E-state index >= 15 is 0 Å². The number of piperidine rings is 1. The highest BCUT2D eigenvalue weighted by Crippen LogP contribution is 2.24. The molecule has 0 bridgehead atoms. The molecule has 3 amide bonds. The molecule has 2 heterocycles. The van der Waals surface area contributed by atoms with Crippen molar-refractivity contribution in [1.82, 2.24) is 24.7 Å². The summed E-state index contributed by atoms with van der Waals surface area (Å²) in [7, 11) is -0.188. The Balaban J connectivity index is 1.34. The van der Waals surface area contributed by atoms with E-state index in [-0.39, 0.29) is 42.2 Å². The van der Waals surface area contributed by atoms with Gasteiger partial charge in [-0.3, -0.25) is 19.5 Å². The average Bonchev–Trinajstić information content (AvgIpc) is 3.41. The zero-order valence-electron chi connectivity index (χ0n) is 23.7. The second-order valence-electron chi connectivity index (χ2n) is 10.2. The summed E-state index contributed by atoms with van der Waals surface area (Å²) >= 11 is 0. The van der Waals surface area contributed by atoms with Crippen molar-refractivity contribution in [1.29, 1.82) is 0 Å². The van der Waals surface area contributed by atoms with E-state index in [4.69, 9.17) is 0 Å². The molecule has 16 heteroatoms. The van der Waals surface area contributed by atoms with Gasteiger partial charge in [-0.25, -0.2) is 21.6 Å².